The van der Waals surface area contributed by atoms with Gasteiger partial charge >= 0.3 is 0 Å². The molecule has 0 saturated carbocycles. The van der Waals surface area contributed by atoms with Crippen LogP contribution in [0.5, 0.6) is 0 Å². The van der Waals surface area contributed by atoms with E-state index in [-0.39, 0.29) is 5.69 Å². The molecule has 0 bridgehead atoms. The Morgan fingerprint density at radius 3 is 2.63 bits per heavy atom. The zero-order valence-corrected chi connectivity index (χ0v) is 11.9. The van der Waals surface area contributed by atoms with Crippen molar-refractivity contribution in [1.82, 2.24) is 4.98 Å². The molecule has 0 unspecified atom stereocenters. The van der Waals surface area contributed by atoms with E-state index in [1.807, 2.05) is 18.2 Å². The van der Waals surface area contributed by atoms with Crippen molar-refractivity contribution >= 4 is 43.2 Å². The number of aromatic nitrogens is 1. The number of rotatable bonds is 1. The maximum atomic E-state index is 13.3. The number of thiazole rings is 1. The van der Waals surface area contributed by atoms with Gasteiger partial charge in [0.2, 0.25) is 0 Å². The molecule has 0 atom stereocenters. The molecule has 19 heavy (non-hydrogen) atoms. The van der Waals surface area contributed by atoms with Gasteiger partial charge in [-0.15, -0.1) is 11.3 Å². The van der Waals surface area contributed by atoms with Crippen molar-refractivity contribution in [2.75, 3.05) is 5.73 Å². The third-order valence-electron chi connectivity index (χ3n) is 2.67. The fraction of sp³-hybridized carbons (Fsp3) is 0. The predicted octanol–water partition coefficient (Wildman–Crippen LogP) is 4.59. The van der Waals surface area contributed by atoms with Crippen LogP contribution < -0.4 is 5.73 Å². The van der Waals surface area contributed by atoms with Gasteiger partial charge in [-0.05, 0) is 24.3 Å². The van der Waals surface area contributed by atoms with Crippen LogP contribution in [-0.2, 0) is 0 Å². The maximum absolute atomic E-state index is 13.3. The van der Waals surface area contributed by atoms with Gasteiger partial charge < -0.3 is 5.73 Å². The number of halogens is 3. The summed E-state index contributed by atoms with van der Waals surface area (Å²) in [4.78, 5) is 4.38. The van der Waals surface area contributed by atoms with Crippen molar-refractivity contribution in [3.8, 4) is 10.6 Å². The lowest BCUT2D eigenvalue weighted by atomic mass is 10.2. The lowest BCUT2D eigenvalue weighted by Gasteiger charge is -2.02. The van der Waals surface area contributed by atoms with Crippen molar-refractivity contribution in [3.63, 3.8) is 0 Å². The molecule has 0 radical (unpaired) electrons. The first-order chi connectivity index (χ1) is 9.04. The SMILES string of the molecule is Nc1cc(F)c(F)cc1-c1nc2ccc(Br)cc2s1. The van der Waals surface area contributed by atoms with Crippen LogP contribution in [-0.4, -0.2) is 4.98 Å². The van der Waals surface area contributed by atoms with Crippen molar-refractivity contribution < 1.29 is 8.78 Å². The highest BCUT2D eigenvalue weighted by atomic mass is 79.9. The van der Waals surface area contributed by atoms with E-state index < -0.39 is 11.6 Å². The monoisotopic (exact) mass is 340 g/mol. The zero-order valence-electron chi connectivity index (χ0n) is 9.45. The van der Waals surface area contributed by atoms with Crippen LogP contribution in [0.2, 0.25) is 0 Å². The highest BCUT2D eigenvalue weighted by Gasteiger charge is 2.13. The van der Waals surface area contributed by atoms with E-state index >= 15 is 0 Å². The van der Waals surface area contributed by atoms with E-state index in [4.69, 9.17) is 5.73 Å². The van der Waals surface area contributed by atoms with Crippen molar-refractivity contribution in [2.45, 2.75) is 0 Å². The average molecular weight is 341 g/mol. The normalized spacial score (nSPS) is 11.1. The van der Waals surface area contributed by atoms with Gasteiger partial charge in [0, 0.05) is 21.8 Å². The van der Waals surface area contributed by atoms with Gasteiger partial charge in [-0.25, -0.2) is 13.8 Å². The van der Waals surface area contributed by atoms with Crippen LogP contribution in [0.1, 0.15) is 0 Å². The summed E-state index contributed by atoms with van der Waals surface area (Å²) in [7, 11) is 0. The Hall–Kier alpha value is -1.53. The second kappa shape index (κ2) is 4.54. The molecular formula is C13H7BrF2N2S. The molecule has 0 aliphatic heterocycles. The number of benzene rings is 2. The highest BCUT2D eigenvalue weighted by molar-refractivity contribution is 9.10. The Labute approximate surface area is 120 Å². The quantitative estimate of drug-likeness (QED) is 0.658. The number of nitrogens with two attached hydrogens (primary N) is 1. The van der Waals surface area contributed by atoms with Crippen LogP contribution in [0.15, 0.2) is 34.8 Å². The zero-order chi connectivity index (χ0) is 13.6. The molecule has 2 aromatic carbocycles. The summed E-state index contributed by atoms with van der Waals surface area (Å²) in [6, 6.07) is 7.71. The number of fused-ring (bicyclic) bond motifs is 1. The molecule has 2 N–H and O–H groups in total. The van der Waals surface area contributed by atoms with Crippen LogP contribution >= 0.6 is 27.3 Å². The molecule has 0 fully saturated rings. The number of hydrogen-bond donors (Lipinski definition) is 1. The minimum Gasteiger partial charge on any atom is -0.398 e. The molecular weight excluding hydrogens is 334 g/mol. The van der Waals surface area contributed by atoms with Gasteiger partial charge in [0.25, 0.3) is 0 Å². The Kier molecular flexibility index (Phi) is 2.99. The molecule has 0 saturated heterocycles. The lowest BCUT2D eigenvalue weighted by Crippen LogP contribution is -1.94. The summed E-state index contributed by atoms with van der Waals surface area (Å²) in [6.45, 7) is 0. The number of anilines is 1. The van der Waals surface area contributed by atoms with Crippen LogP contribution in [0.3, 0.4) is 0 Å². The van der Waals surface area contributed by atoms with Crippen molar-refractivity contribution in [2.24, 2.45) is 0 Å². The largest absolute Gasteiger partial charge is 0.398 e. The van der Waals surface area contributed by atoms with Crippen LogP contribution in [0.4, 0.5) is 14.5 Å². The Morgan fingerprint density at radius 2 is 1.84 bits per heavy atom. The lowest BCUT2D eigenvalue weighted by molar-refractivity contribution is 0.509. The molecule has 1 aromatic heterocycles. The molecule has 0 aliphatic carbocycles. The van der Waals surface area contributed by atoms with Gasteiger partial charge in [0.1, 0.15) is 5.01 Å². The standard InChI is InChI=1S/C13H7BrF2N2S/c14-6-1-2-11-12(3-6)19-13(18-11)7-4-8(15)9(16)5-10(7)17/h1-5H,17H2. The summed E-state index contributed by atoms with van der Waals surface area (Å²) < 4.78 is 28.2. The minimum atomic E-state index is -0.954. The fourth-order valence-electron chi connectivity index (χ4n) is 1.76. The molecule has 0 aliphatic rings. The molecule has 3 aromatic rings. The first-order valence-corrected chi connectivity index (χ1v) is 6.96. The highest BCUT2D eigenvalue weighted by Crippen LogP contribution is 2.35. The summed E-state index contributed by atoms with van der Waals surface area (Å²) in [6.07, 6.45) is 0. The minimum absolute atomic E-state index is 0.178. The Morgan fingerprint density at radius 1 is 1.11 bits per heavy atom. The molecule has 6 heteroatoms. The number of nitrogen functional groups attached to an aromatic ring is 1. The molecule has 0 amide bonds. The topological polar surface area (TPSA) is 38.9 Å². The fourth-order valence-corrected chi connectivity index (χ4v) is 3.32. The summed E-state index contributed by atoms with van der Waals surface area (Å²) in [5, 5.41) is 0.574. The molecule has 1 heterocycles. The van der Waals surface area contributed by atoms with Gasteiger partial charge in [0.05, 0.1) is 10.2 Å². The summed E-state index contributed by atoms with van der Waals surface area (Å²) in [5.74, 6) is -1.88. The van der Waals surface area contributed by atoms with E-state index in [0.717, 1.165) is 26.8 Å². The second-order valence-corrected chi connectivity index (χ2v) is 5.93. The van der Waals surface area contributed by atoms with E-state index in [0.29, 0.717) is 10.6 Å². The maximum Gasteiger partial charge on any atom is 0.160 e. The Bertz CT molecular complexity index is 786. The number of nitrogens with zero attached hydrogens (tertiary/aromatic N) is 1. The smallest absolute Gasteiger partial charge is 0.160 e. The number of hydrogen-bond acceptors (Lipinski definition) is 3. The van der Waals surface area contributed by atoms with E-state index in [1.54, 1.807) is 0 Å². The predicted molar refractivity (Wildman–Crippen MR) is 77.1 cm³/mol. The second-order valence-electron chi connectivity index (χ2n) is 3.98. The summed E-state index contributed by atoms with van der Waals surface area (Å²) in [5.41, 5.74) is 7.11. The first kappa shape index (κ1) is 12.5. The molecule has 0 spiro atoms. The van der Waals surface area contributed by atoms with Crippen molar-refractivity contribution in [1.29, 1.82) is 0 Å². The third-order valence-corrected chi connectivity index (χ3v) is 4.22. The van der Waals surface area contributed by atoms with Gasteiger partial charge in [0.15, 0.2) is 11.6 Å². The van der Waals surface area contributed by atoms with Gasteiger partial charge in [-0.2, -0.15) is 0 Å². The van der Waals surface area contributed by atoms with E-state index in [1.165, 1.54) is 11.3 Å². The van der Waals surface area contributed by atoms with Gasteiger partial charge in [-0.3, -0.25) is 0 Å². The molecule has 3 rings (SSSR count). The van der Waals surface area contributed by atoms with E-state index in [9.17, 15) is 8.78 Å². The average Bonchev–Trinajstić information content (AvgIpc) is 2.76. The van der Waals surface area contributed by atoms with E-state index in [2.05, 4.69) is 20.9 Å². The van der Waals surface area contributed by atoms with Crippen LogP contribution in [0.25, 0.3) is 20.8 Å². The van der Waals surface area contributed by atoms with Gasteiger partial charge in [-0.1, -0.05) is 15.9 Å². The summed E-state index contributed by atoms with van der Waals surface area (Å²) >= 11 is 4.76. The van der Waals surface area contributed by atoms with Crippen molar-refractivity contribution in [3.05, 3.63) is 46.4 Å². The molecule has 96 valence electrons. The Balaban J connectivity index is 2.21. The molecule has 2 nitrogen and oxygen atoms in total. The first-order valence-electron chi connectivity index (χ1n) is 5.35. The van der Waals surface area contributed by atoms with Crippen LogP contribution in [0, 0.1) is 11.6 Å². The third kappa shape index (κ3) is 2.21.